The van der Waals surface area contributed by atoms with Crippen LogP contribution in [0.2, 0.25) is 0 Å². The zero-order chi connectivity index (χ0) is 15.5. The fourth-order valence-corrected chi connectivity index (χ4v) is 2.42. The third kappa shape index (κ3) is 3.77. The van der Waals surface area contributed by atoms with Crippen molar-refractivity contribution in [2.24, 2.45) is 5.92 Å². The first kappa shape index (κ1) is 15.4. The highest BCUT2D eigenvalue weighted by atomic mass is 19.3. The number of hydrogen-bond donors (Lipinski definition) is 1. The molecule has 1 amide bonds. The zero-order valence-electron chi connectivity index (χ0n) is 11.7. The Hall–Kier alpha value is -1.98. The van der Waals surface area contributed by atoms with E-state index in [9.17, 15) is 18.4 Å². The minimum atomic E-state index is -2.67. The van der Waals surface area contributed by atoms with E-state index in [1.165, 1.54) is 13.2 Å². The number of methoxy groups -OCH3 is 1. The van der Waals surface area contributed by atoms with Crippen LogP contribution in [-0.4, -0.2) is 24.9 Å². The minimum Gasteiger partial charge on any atom is -0.465 e. The molecule has 0 aliphatic heterocycles. The van der Waals surface area contributed by atoms with Crippen LogP contribution in [0.1, 0.15) is 36.0 Å². The summed E-state index contributed by atoms with van der Waals surface area (Å²) in [6, 6.07) is 6.46. The maximum absolute atomic E-state index is 13.1. The summed E-state index contributed by atoms with van der Waals surface area (Å²) >= 11 is 0. The molecule has 0 aromatic heterocycles. The Balaban J connectivity index is 2.05. The van der Waals surface area contributed by atoms with E-state index in [4.69, 9.17) is 0 Å². The highest BCUT2D eigenvalue weighted by molar-refractivity contribution is 6.01. The minimum absolute atomic E-state index is 0.152. The highest BCUT2D eigenvalue weighted by Gasteiger charge is 2.37. The highest BCUT2D eigenvalue weighted by Crippen LogP contribution is 2.36. The van der Waals surface area contributed by atoms with Crippen molar-refractivity contribution in [3.8, 4) is 0 Å². The third-order valence-corrected chi connectivity index (χ3v) is 3.68. The van der Waals surface area contributed by atoms with Gasteiger partial charge in [0.15, 0.2) is 0 Å². The molecule has 0 unspecified atom stereocenters. The van der Waals surface area contributed by atoms with Crippen LogP contribution in [-0.2, 0) is 9.53 Å². The summed E-state index contributed by atoms with van der Waals surface area (Å²) in [4.78, 5) is 23.7. The van der Waals surface area contributed by atoms with E-state index in [2.05, 4.69) is 10.1 Å². The van der Waals surface area contributed by atoms with E-state index in [0.717, 1.165) is 0 Å². The van der Waals surface area contributed by atoms with E-state index >= 15 is 0 Å². The molecular formula is C15H17F2NO3. The summed E-state index contributed by atoms with van der Waals surface area (Å²) in [6.45, 7) is 0. The van der Waals surface area contributed by atoms with Gasteiger partial charge in [0.05, 0.1) is 18.4 Å². The van der Waals surface area contributed by atoms with Crippen molar-refractivity contribution in [2.75, 3.05) is 12.4 Å². The van der Waals surface area contributed by atoms with E-state index < -0.39 is 17.8 Å². The van der Waals surface area contributed by atoms with Gasteiger partial charge in [0, 0.05) is 18.8 Å². The number of ether oxygens (including phenoxy) is 1. The summed E-state index contributed by atoms with van der Waals surface area (Å²) < 4.78 is 30.8. The molecule has 1 aliphatic carbocycles. The molecule has 1 fully saturated rings. The summed E-state index contributed by atoms with van der Waals surface area (Å²) in [5.41, 5.74) is 0.584. The number of benzene rings is 1. The Morgan fingerprint density at radius 1 is 1.24 bits per heavy atom. The second-order valence-electron chi connectivity index (χ2n) is 5.16. The van der Waals surface area contributed by atoms with Gasteiger partial charge >= 0.3 is 5.97 Å². The second kappa shape index (κ2) is 6.20. The quantitative estimate of drug-likeness (QED) is 0.871. The van der Waals surface area contributed by atoms with E-state index in [1.807, 2.05) is 0 Å². The molecule has 1 aliphatic rings. The van der Waals surface area contributed by atoms with Gasteiger partial charge < -0.3 is 10.1 Å². The van der Waals surface area contributed by atoms with Gasteiger partial charge in [-0.25, -0.2) is 13.6 Å². The first-order chi connectivity index (χ1) is 9.93. The Labute approximate surface area is 121 Å². The summed E-state index contributed by atoms with van der Waals surface area (Å²) in [5.74, 6) is -4.00. The molecule has 1 N–H and O–H groups in total. The molecule has 1 aromatic rings. The first-order valence-corrected chi connectivity index (χ1v) is 6.79. The zero-order valence-corrected chi connectivity index (χ0v) is 11.7. The van der Waals surface area contributed by atoms with Crippen LogP contribution < -0.4 is 5.32 Å². The van der Waals surface area contributed by atoms with Crippen molar-refractivity contribution in [1.82, 2.24) is 0 Å². The molecule has 1 aromatic carbocycles. The summed E-state index contributed by atoms with van der Waals surface area (Å²) in [5, 5.41) is 2.64. The fraction of sp³-hybridized carbons (Fsp3) is 0.467. The average molecular weight is 297 g/mol. The smallest absolute Gasteiger partial charge is 0.339 e. The largest absolute Gasteiger partial charge is 0.465 e. The number of hydrogen-bond acceptors (Lipinski definition) is 3. The molecule has 2 rings (SSSR count). The van der Waals surface area contributed by atoms with Crippen LogP contribution in [0, 0.1) is 5.92 Å². The lowest BCUT2D eigenvalue weighted by atomic mass is 9.86. The molecule has 0 radical (unpaired) electrons. The van der Waals surface area contributed by atoms with Crippen LogP contribution in [0.25, 0.3) is 0 Å². The number of halogens is 2. The number of anilines is 1. The van der Waals surface area contributed by atoms with Gasteiger partial charge in [0.2, 0.25) is 11.8 Å². The van der Waals surface area contributed by atoms with Crippen molar-refractivity contribution in [3.63, 3.8) is 0 Å². The normalized spacial score (nSPS) is 18.0. The number of esters is 1. The van der Waals surface area contributed by atoms with Crippen LogP contribution in [0.3, 0.4) is 0 Å². The maximum Gasteiger partial charge on any atom is 0.339 e. The maximum atomic E-state index is 13.1. The van der Waals surface area contributed by atoms with Crippen molar-refractivity contribution in [2.45, 2.75) is 31.6 Å². The van der Waals surface area contributed by atoms with Crippen molar-refractivity contribution < 1.29 is 23.1 Å². The van der Waals surface area contributed by atoms with Crippen LogP contribution in [0.15, 0.2) is 24.3 Å². The molecule has 0 bridgehead atoms. The topological polar surface area (TPSA) is 55.4 Å². The number of alkyl halides is 2. The van der Waals surface area contributed by atoms with Crippen LogP contribution >= 0.6 is 0 Å². The van der Waals surface area contributed by atoms with Gasteiger partial charge in [-0.3, -0.25) is 4.79 Å². The Kier molecular flexibility index (Phi) is 4.55. The van der Waals surface area contributed by atoms with Crippen molar-refractivity contribution >= 4 is 17.6 Å². The van der Waals surface area contributed by atoms with E-state index in [-0.39, 0.29) is 37.2 Å². The van der Waals surface area contributed by atoms with Gasteiger partial charge in [-0.05, 0) is 25.0 Å². The van der Waals surface area contributed by atoms with Crippen LogP contribution in [0.5, 0.6) is 0 Å². The Bertz CT molecular complexity index is 535. The first-order valence-electron chi connectivity index (χ1n) is 6.79. The number of nitrogens with one attached hydrogen (secondary N) is 1. The van der Waals surface area contributed by atoms with Crippen molar-refractivity contribution in [1.29, 1.82) is 0 Å². The Morgan fingerprint density at radius 2 is 1.86 bits per heavy atom. The average Bonchev–Trinajstić information content (AvgIpc) is 2.46. The molecule has 0 atom stereocenters. The lowest BCUT2D eigenvalue weighted by molar-refractivity contribution is -0.124. The van der Waals surface area contributed by atoms with Gasteiger partial charge in [0.25, 0.3) is 0 Å². The van der Waals surface area contributed by atoms with Gasteiger partial charge in [0.1, 0.15) is 0 Å². The number of carbonyl (C=O) groups excluding carboxylic acids is 2. The number of amides is 1. The fourth-order valence-electron chi connectivity index (χ4n) is 2.42. The molecule has 21 heavy (non-hydrogen) atoms. The molecule has 0 saturated heterocycles. The SMILES string of the molecule is COC(=O)c1ccccc1NC(=O)C1CCC(F)(F)CC1. The second-order valence-corrected chi connectivity index (χ2v) is 5.16. The molecule has 4 nitrogen and oxygen atoms in total. The van der Waals surface area contributed by atoms with Crippen molar-refractivity contribution in [3.05, 3.63) is 29.8 Å². The molecule has 0 heterocycles. The molecule has 0 spiro atoms. The monoisotopic (exact) mass is 297 g/mol. The molecule has 1 saturated carbocycles. The van der Waals surface area contributed by atoms with E-state index in [0.29, 0.717) is 5.69 Å². The van der Waals surface area contributed by atoms with Gasteiger partial charge in [-0.1, -0.05) is 12.1 Å². The predicted molar refractivity (Wildman–Crippen MR) is 73.3 cm³/mol. The van der Waals surface area contributed by atoms with Crippen LogP contribution in [0.4, 0.5) is 14.5 Å². The summed E-state index contributed by atoms with van der Waals surface area (Å²) in [6.07, 6.45) is -0.244. The summed E-state index contributed by atoms with van der Waals surface area (Å²) in [7, 11) is 1.25. The number of carbonyl (C=O) groups is 2. The Morgan fingerprint density at radius 3 is 2.48 bits per heavy atom. The number of para-hydroxylation sites is 1. The molecular weight excluding hydrogens is 280 g/mol. The van der Waals surface area contributed by atoms with E-state index in [1.54, 1.807) is 18.2 Å². The predicted octanol–water partition coefficient (Wildman–Crippen LogP) is 3.24. The molecule has 6 heteroatoms. The van der Waals surface area contributed by atoms with Gasteiger partial charge in [-0.15, -0.1) is 0 Å². The third-order valence-electron chi connectivity index (χ3n) is 3.68. The molecule has 114 valence electrons. The van der Waals surface area contributed by atoms with Gasteiger partial charge in [-0.2, -0.15) is 0 Å². The lowest BCUT2D eigenvalue weighted by Gasteiger charge is -2.27. The number of rotatable bonds is 3. The lowest BCUT2D eigenvalue weighted by Crippen LogP contribution is -2.32. The standard InChI is InChI=1S/C15H17F2NO3/c1-21-14(20)11-4-2-3-5-12(11)18-13(19)10-6-8-15(16,17)9-7-10/h2-5,10H,6-9H2,1H3,(H,18,19).